The molecule has 1 atom stereocenters. The Balaban J connectivity index is 1.73. The van der Waals surface area contributed by atoms with Gasteiger partial charge in [-0.2, -0.15) is 0 Å². The molecule has 2 aromatic rings. The summed E-state index contributed by atoms with van der Waals surface area (Å²) in [4.78, 5) is 0. The molecular weight excluding hydrogens is 246 g/mol. The van der Waals surface area contributed by atoms with Crippen LogP contribution in [0.2, 0.25) is 0 Å². The Bertz CT molecular complexity index is 579. The highest BCUT2D eigenvalue weighted by Gasteiger charge is 2.19. The number of benzene rings is 2. The standard InChI is InChI=1S/C18H21NO/c1-2-14-7-3-4-8-15(14)11-19-18-13-20-12-16-9-5-6-10-17(16)18/h3-10,18-19H,2,11-13H2,1H3. The van der Waals surface area contributed by atoms with Crippen molar-refractivity contribution in [3.05, 3.63) is 70.8 Å². The van der Waals surface area contributed by atoms with E-state index in [1.165, 1.54) is 22.3 Å². The first kappa shape index (κ1) is 13.3. The van der Waals surface area contributed by atoms with Crippen molar-refractivity contribution in [2.45, 2.75) is 32.5 Å². The predicted octanol–water partition coefficient (Wildman–Crippen LogP) is 3.61. The van der Waals surface area contributed by atoms with Gasteiger partial charge in [0.25, 0.3) is 0 Å². The van der Waals surface area contributed by atoms with Crippen molar-refractivity contribution in [2.75, 3.05) is 6.61 Å². The van der Waals surface area contributed by atoms with E-state index in [2.05, 4.69) is 60.8 Å². The molecule has 3 rings (SSSR count). The average Bonchev–Trinajstić information content (AvgIpc) is 2.53. The number of rotatable bonds is 4. The van der Waals surface area contributed by atoms with Crippen LogP contribution in [0, 0.1) is 0 Å². The van der Waals surface area contributed by atoms with Gasteiger partial charge in [-0.1, -0.05) is 55.5 Å². The molecule has 0 amide bonds. The summed E-state index contributed by atoms with van der Waals surface area (Å²) >= 11 is 0. The molecule has 1 heterocycles. The van der Waals surface area contributed by atoms with Crippen LogP contribution in [0.1, 0.15) is 35.2 Å². The van der Waals surface area contributed by atoms with Crippen LogP contribution in [0.3, 0.4) is 0 Å². The minimum Gasteiger partial charge on any atom is -0.375 e. The van der Waals surface area contributed by atoms with Gasteiger partial charge < -0.3 is 10.1 Å². The van der Waals surface area contributed by atoms with E-state index in [1.807, 2.05) is 0 Å². The normalized spacial score (nSPS) is 17.8. The molecule has 0 radical (unpaired) electrons. The number of aryl methyl sites for hydroxylation is 1. The maximum absolute atomic E-state index is 5.69. The third-order valence-electron chi connectivity index (χ3n) is 4.01. The zero-order valence-electron chi connectivity index (χ0n) is 11.9. The Hall–Kier alpha value is -1.64. The van der Waals surface area contributed by atoms with E-state index in [0.717, 1.165) is 26.2 Å². The summed E-state index contributed by atoms with van der Waals surface area (Å²) in [5, 5.41) is 3.64. The lowest BCUT2D eigenvalue weighted by Gasteiger charge is -2.27. The molecule has 1 unspecified atom stereocenters. The zero-order valence-corrected chi connectivity index (χ0v) is 11.9. The van der Waals surface area contributed by atoms with Gasteiger partial charge in [-0.3, -0.25) is 0 Å². The van der Waals surface area contributed by atoms with Crippen molar-refractivity contribution in [1.29, 1.82) is 0 Å². The summed E-state index contributed by atoms with van der Waals surface area (Å²) in [6.07, 6.45) is 1.08. The lowest BCUT2D eigenvalue weighted by molar-refractivity contribution is 0.0816. The average molecular weight is 267 g/mol. The van der Waals surface area contributed by atoms with Gasteiger partial charge in [0.15, 0.2) is 0 Å². The summed E-state index contributed by atoms with van der Waals surface area (Å²) in [6, 6.07) is 17.5. The van der Waals surface area contributed by atoms with Gasteiger partial charge in [0.2, 0.25) is 0 Å². The third-order valence-corrected chi connectivity index (χ3v) is 4.01. The van der Waals surface area contributed by atoms with Crippen LogP contribution in [-0.2, 0) is 24.3 Å². The molecule has 0 fully saturated rings. The minimum absolute atomic E-state index is 0.296. The molecule has 0 saturated carbocycles. The molecule has 1 aliphatic heterocycles. The predicted molar refractivity (Wildman–Crippen MR) is 81.5 cm³/mol. The minimum atomic E-state index is 0.296. The Morgan fingerprint density at radius 1 is 1.05 bits per heavy atom. The van der Waals surface area contributed by atoms with E-state index in [4.69, 9.17) is 4.74 Å². The van der Waals surface area contributed by atoms with Crippen molar-refractivity contribution in [3.8, 4) is 0 Å². The Morgan fingerprint density at radius 2 is 1.80 bits per heavy atom. The van der Waals surface area contributed by atoms with Crippen molar-refractivity contribution >= 4 is 0 Å². The fourth-order valence-electron chi connectivity index (χ4n) is 2.86. The van der Waals surface area contributed by atoms with Crippen LogP contribution in [0.15, 0.2) is 48.5 Å². The fourth-order valence-corrected chi connectivity index (χ4v) is 2.86. The summed E-state index contributed by atoms with van der Waals surface area (Å²) in [5.74, 6) is 0. The second-order valence-corrected chi connectivity index (χ2v) is 5.27. The van der Waals surface area contributed by atoms with Gasteiger partial charge in [0.05, 0.1) is 19.3 Å². The van der Waals surface area contributed by atoms with E-state index in [1.54, 1.807) is 0 Å². The molecule has 1 N–H and O–H groups in total. The number of hydrogen-bond donors (Lipinski definition) is 1. The molecule has 2 heteroatoms. The van der Waals surface area contributed by atoms with Gasteiger partial charge in [-0.05, 0) is 28.7 Å². The summed E-state index contributed by atoms with van der Waals surface area (Å²) < 4.78 is 5.69. The number of nitrogens with one attached hydrogen (secondary N) is 1. The van der Waals surface area contributed by atoms with Gasteiger partial charge in [0.1, 0.15) is 0 Å². The first-order valence-corrected chi connectivity index (χ1v) is 7.34. The SMILES string of the molecule is CCc1ccccc1CNC1COCc2ccccc21. The molecule has 0 spiro atoms. The third kappa shape index (κ3) is 2.77. The first-order chi connectivity index (χ1) is 9.88. The first-order valence-electron chi connectivity index (χ1n) is 7.34. The maximum Gasteiger partial charge on any atom is 0.0721 e. The largest absolute Gasteiger partial charge is 0.375 e. The van der Waals surface area contributed by atoms with Gasteiger partial charge in [-0.15, -0.1) is 0 Å². The lowest BCUT2D eigenvalue weighted by Crippen LogP contribution is -2.29. The molecule has 0 aromatic heterocycles. The molecule has 2 aromatic carbocycles. The molecule has 1 aliphatic rings. The Morgan fingerprint density at radius 3 is 2.65 bits per heavy atom. The van der Waals surface area contributed by atoms with E-state index in [-0.39, 0.29) is 0 Å². The molecule has 104 valence electrons. The number of fused-ring (bicyclic) bond motifs is 1. The maximum atomic E-state index is 5.69. The van der Waals surface area contributed by atoms with Crippen LogP contribution < -0.4 is 5.32 Å². The van der Waals surface area contributed by atoms with Gasteiger partial charge in [-0.25, -0.2) is 0 Å². The summed E-state index contributed by atoms with van der Waals surface area (Å²) in [5.41, 5.74) is 5.50. The Labute approximate surface area is 120 Å². The second kappa shape index (κ2) is 6.21. The smallest absolute Gasteiger partial charge is 0.0721 e. The fraction of sp³-hybridized carbons (Fsp3) is 0.333. The molecule has 0 saturated heterocycles. The summed E-state index contributed by atoms with van der Waals surface area (Å²) in [7, 11) is 0. The number of hydrogen-bond acceptors (Lipinski definition) is 2. The van der Waals surface area contributed by atoms with Crippen LogP contribution in [0.4, 0.5) is 0 Å². The van der Waals surface area contributed by atoms with Crippen LogP contribution in [0.25, 0.3) is 0 Å². The van der Waals surface area contributed by atoms with E-state index in [0.29, 0.717) is 6.04 Å². The highest BCUT2D eigenvalue weighted by Crippen LogP contribution is 2.25. The summed E-state index contributed by atoms with van der Waals surface area (Å²) in [6.45, 7) is 4.59. The van der Waals surface area contributed by atoms with Crippen LogP contribution in [-0.4, -0.2) is 6.61 Å². The quantitative estimate of drug-likeness (QED) is 0.913. The topological polar surface area (TPSA) is 21.3 Å². The van der Waals surface area contributed by atoms with Gasteiger partial charge in [0, 0.05) is 6.54 Å². The van der Waals surface area contributed by atoms with Crippen LogP contribution in [0.5, 0.6) is 0 Å². The molecule has 0 bridgehead atoms. The highest BCUT2D eigenvalue weighted by atomic mass is 16.5. The molecule has 20 heavy (non-hydrogen) atoms. The van der Waals surface area contributed by atoms with Crippen molar-refractivity contribution in [2.24, 2.45) is 0 Å². The van der Waals surface area contributed by atoms with Crippen LogP contribution >= 0.6 is 0 Å². The van der Waals surface area contributed by atoms with E-state index >= 15 is 0 Å². The molecular formula is C18H21NO. The van der Waals surface area contributed by atoms with Crippen molar-refractivity contribution in [1.82, 2.24) is 5.32 Å². The lowest BCUT2D eigenvalue weighted by atomic mass is 9.98. The van der Waals surface area contributed by atoms with Crippen molar-refractivity contribution < 1.29 is 4.74 Å². The zero-order chi connectivity index (χ0) is 13.8. The monoisotopic (exact) mass is 267 g/mol. The Kier molecular flexibility index (Phi) is 4.14. The van der Waals surface area contributed by atoms with E-state index < -0.39 is 0 Å². The molecule has 2 nitrogen and oxygen atoms in total. The molecule has 0 aliphatic carbocycles. The number of ether oxygens (including phenoxy) is 1. The van der Waals surface area contributed by atoms with Crippen molar-refractivity contribution in [3.63, 3.8) is 0 Å². The van der Waals surface area contributed by atoms with E-state index in [9.17, 15) is 0 Å². The van der Waals surface area contributed by atoms with Gasteiger partial charge >= 0.3 is 0 Å². The second-order valence-electron chi connectivity index (χ2n) is 5.27. The highest BCUT2D eigenvalue weighted by molar-refractivity contribution is 5.32.